The first kappa shape index (κ1) is 20.5. The minimum atomic E-state index is -0.520. The van der Waals surface area contributed by atoms with Crippen LogP contribution >= 0.6 is 0 Å². The number of para-hydroxylation sites is 1. The summed E-state index contributed by atoms with van der Waals surface area (Å²) >= 11 is 0. The molecule has 1 saturated heterocycles. The smallest absolute Gasteiger partial charge is 0.411 e. The first-order chi connectivity index (χ1) is 14.4. The highest BCUT2D eigenvalue weighted by Gasteiger charge is 2.40. The molecule has 1 amide bonds. The Bertz CT molecular complexity index is 916. The fourth-order valence-electron chi connectivity index (χ4n) is 3.99. The molecule has 5 heteroatoms. The maximum Gasteiger partial charge on any atom is 0.411 e. The van der Waals surface area contributed by atoms with E-state index in [0.717, 1.165) is 16.9 Å². The highest BCUT2D eigenvalue weighted by molar-refractivity contribution is 5.76. The van der Waals surface area contributed by atoms with Gasteiger partial charge in [-0.05, 0) is 44.4 Å². The first-order valence-corrected chi connectivity index (χ1v) is 10.5. The Morgan fingerprint density at radius 3 is 2.53 bits per heavy atom. The van der Waals surface area contributed by atoms with Gasteiger partial charge < -0.3 is 14.2 Å². The summed E-state index contributed by atoms with van der Waals surface area (Å²) in [6.45, 7) is 7.19. The quantitative estimate of drug-likeness (QED) is 0.711. The predicted octanol–water partition coefficient (Wildman–Crippen LogP) is 5.06. The monoisotopic (exact) mass is 407 g/mol. The lowest BCUT2D eigenvalue weighted by molar-refractivity contribution is -0.0510. The molecule has 0 radical (unpaired) electrons. The number of hydrogen-bond acceptors (Lipinski definition) is 4. The van der Waals surface area contributed by atoms with Crippen molar-refractivity contribution in [1.29, 1.82) is 0 Å². The van der Waals surface area contributed by atoms with Gasteiger partial charge in [-0.3, -0.25) is 4.90 Å². The summed E-state index contributed by atoms with van der Waals surface area (Å²) in [6, 6.07) is 18.1. The molecule has 2 aliphatic heterocycles. The van der Waals surface area contributed by atoms with Gasteiger partial charge in [0.05, 0.1) is 25.3 Å². The van der Waals surface area contributed by atoms with Crippen LogP contribution < -0.4 is 4.74 Å². The van der Waals surface area contributed by atoms with Crippen molar-refractivity contribution in [3.8, 4) is 5.75 Å². The van der Waals surface area contributed by atoms with E-state index in [9.17, 15) is 4.79 Å². The molecule has 0 spiro atoms. The first-order valence-electron chi connectivity index (χ1n) is 10.5. The number of amides is 1. The molecule has 2 aromatic rings. The number of hydrogen-bond donors (Lipinski definition) is 0. The Morgan fingerprint density at radius 1 is 1.07 bits per heavy atom. The molecular formula is C25H29NO4. The second-order valence-corrected chi connectivity index (χ2v) is 8.81. The van der Waals surface area contributed by atoms with Crippen molar-refractivity contribution in [2.45, 2.75) is 51.5 Å². The predicted molar refractivity (Wildman–Crippen MR) is 116 cm³/mol. The van der Waals surface area contributed by atoms with E-state index in [-0.39, 0.29) is 18.2 Å². The molecule has 1 fully saturated rings. The summed E-state index contributed by atoms with van der Waals surface area (Å²) < 4.78 is 17.5. The third-order valence-electron chi connectivity index (χ3n) is 5.27. The van der Waals surface area contributed by atoms with Crippen molar-refractivity contribution < 1.29 is 19.0 Å². The third-order valence-corrected chi connectivity index (χ3v) is 5.27. The van der Waals surface area contributed by atoms with Crippen molar-refractivity contribution in [3.63, 3.8) is 0 Å². The lowest BCUT2D eigenvalue weighted by atomic mass is 9.89. The van der Waals surface area contributed by atoms with Crippen LogP contribution in [0.5, 0.6) is 5.75 Å². The standard InChI is InChI=1S/C25H29NO4/c1-25(2,3)30-24(27)26-20-13-19(14-21(26)17-28-16-20)22-11-7-8-12-23(22)29-15-18-9-5-4-6-10-18/h4-13,20-21H,14-17H2,1-3H3. The van der Waals surface area contributed by atoms with Gasteiger partial charge in [0.25, 0.3) is 0 Å². The van der Waals surface area contributed by atoms with E-state index >= 15 is 0 Å². The van der Waals surface area contributed by atoms with Gasteiger partial charge in [-0.2, -0.15) is 0 Å². The summed E-state index contributed by atoms with van der Waals surface area (Å²) in [5.41, 5.74) is 2.88. The molecule has 4 rings (SSSR count). The average Bonchev–Trinajstić information content (AvgIpc) is 2.71. The molecule has 2 unspecified atom stereocenters. The molecule has 2 aliphatic rings. The second-order valence-electron chi connectivity index (χ2n) is 8.81. The van der Waals surface area contributed by atoms with E-state index in [1.807, 2.05) is 62.1 Å². The largest absolute Gasteiger partial charge is 0.488 e. The van der Waals surface area contributed by atoms with Gasteiger partial charge >= 0.3 is 6.09 Å². The zero-order valence-corrected chi connectivity index (χ0v) is 17.8. The Labute approximate surface area is 178 Å². The van der Waals surface area contributed by atoms with Gasteiger partial charge in [-0.1, -0.05) is 54.6 Å². The molecule has 0 aromatic heterocycles. The van der Waals surface area contributed by atoms with E-state index in [2.05, 4.69) is 24.3 Å². The number of rotatable bonds is 4. The third kappa shape index (κ3) is 4.68. The average molecular weight is 408 g/mol. The Morgan fingerprint density at radius 2 is 1.80 bits per heavy atom. The molecular weight excluding hydrogens is 378 g/mol. The van der Waals surface area contributed by atoms with Crippen molar-refractivity contribution in [3.05, 3.63) is 71.8 Å². The fraction of sp³-hybridized carbons (Fsp3) is 0.400. The highest BCUT2D eigenvalue weighted by Crippen LogP contribution is 2.37. The number of morpholine rings is 1. The normalized spacial score (nSPS) is 21.0. The lowest BCUT2D eigenvalue weighted by Gasteiger charge is -2.44. The molecule has 5 nitrogen and oxygen atoms in total. The topological polar surface area (TPSA) is 48.0 Å². The minimum absolute atomic E-state index is 0.0409. The van der Waals surface area contributed by atoms with Gasteiger partial charge in [0.15, 0.2) is 0 Å². The van der Waals surface area contributed by atoms with Crippen LogP contribution in [-0.4, -0.2) is 41.9 Å². The van der Waals surface area contributed by atoms with E-state index in [1.165, 1.54) is 5.57 Å². The maximum absolute atomic E-state index is 12.8. The SMILES string of the molecule is CC(C)(C)OC(=O)N1C2C=C(c3ccccc3OCc3ccccc3)CC1COC2. The van der Waals surface area contributed by atoms with Crippen molar-refractivity contribution in [1.82, 2.24) is 4.90 Å². The van der Waals surface area contributed by atoms with Crippen molar-refractivity contribution in [2.75, 3.05) is 13.2 Å². The van der Waals surface area contributed by atoms with Crippen LogP contribution in [0.2, 0.25) is 0 Å². The molecule has 2 heterocycles. The minimum Gasteiger partial charge on any atom is -0.488 e. The van der Waals surface area contributed by atoms with Gasteiger partial charge in [0, 0.05) is 5.56 Å². The van der Waals surface area contributed by atoms with Gasteiger partial charge in [-0.25, -0.2) is 4.79 Å². The number of benzene rings is 2. The van der Waals surface area contributed by atoms with Gasteiger partial charge in [0.2, 0.25) is 0 Å². The molecule has 2 bridgehead atoms. The van der Waals surface area contributed by atoms with Crippen LogP contribution in [0.4, 0.5) is 4.79 Å². The Balaban J connectivity index is 1.56. The molecule has 2 aromatic carbocycles. The van der Waals surface area contributed by atoms with Gasteiger partial charge in [0.1, 0.15) is 18.0 Å². The number of nitrogens with zero attached hydrogens (tertiary/aromatic N) is 1. The zero-order chi connectivity index (χ0) is 21.1. The summed E-state index contributed by atoms with van der Waals surface area (Å²) in [5, 5.41) is 0. The molecule has 158 valence electrons. The van der Waals surface area contributed by atoms with Crippen LogP contribution in [0.3, 0.4) is 0 Å². The summed E-state index contributed by atoms with van der Waals surface area (Å²) in [7, 11) is 0. The van der Waals surface area contributed by atoms with E-state index in [1.54, 1.807) is 0 Å². The van der Waals surface area contributed by atoms with Gasteiger partial charge in [-0.15, -0.1) is 0 Å². The Hall–Kier alpha value is -2.79. The number of carbonyl (C=O) groups is 1. The van der Waals surface area contributed by atoms with Crippen LogP contribution in [-0.2, 0) is 16.1 Å². The molecule has 2 atom stereocenters. The Kier molecular flexibility index (Phi) is 5.82. The van der Waals surface area contributed by atoms with Crippen molar-refractivity contribution >= 4 is 11.7 Å². The van der Waals surface area contributed by atoms with Crippen LogP contribution in [0.25, 0.3) is 5.57 Å². The molecule has 0 N–H and O–H groups in total. The van der Waals surface area contributed by atoms with E-state index in [4.69, 9.17) is 14.2 Å². The number of fused-ring (bicyclic) bond motifs is 2. The fourth-order valence-corrected chi connectivity index (χ4v) is 3.99. The second kappa shape index (κ2) is 8.52. The highest BCUT2D eigenvalue weighted by atomic mass is 16.6. The van der Waals surface area contributed by atoms with Crippen LogP contribution in [0.15, 0.2) is 60.7 Å². The zero-order valence-electron chi connectivity index (χ0n) is 17.8. The number of carbonyl (C=O) groups excluding carboxylic acids is 1. The summed E-state index contributed by atoms with van der Waals surface area (Å²) in [4.78, 5) is 14.6. The molecule has 0 saturated carbocycles. The lowest BCUT2D eigenvalue weighted by Crippen LogP contribution is -2.57. The molecule has 0 aliphatic carbocycles. The molecule has 30 heavy (non-hydrogen) atoms. The summed E-state index contributed by atoms with van der Waals surface area (Å²) in [6.07, 6.45) is 2.57. The van der Waals surface area contributed by atoms with Crippen LogP contribution in [0, 0.1) is 0 Å². The van der Waals surface area contributed by atoms with Crippen molar-refractivity contribution in [2.24, 2.45) is 0 Å². The number of ether oxygens (including phenoxy) is 3. The van der Waals surface area contributed by atoms with Crippen LogP contribution in [0.1, 0.15) is 38.3 Å². The van der Waals surface area contributed by atoms with E-state index in [0.29, 0.717) is 26.2 Å². The summed E-state index contributed by atoms with van der Waals surface area (Å²) in [5.74, 6) is 0.859. The maximum atomic E-state index is 12.8. The van der Waals surface area contributed by atoms with E-state index < -0.39 is 5.60 Å².